The summed E-state index contributed by atoms with van der Waals surface area (Å²) in [4.78, 5) is 24.7. The van der Waals surface area contributed by atoms with Gasteiger partial charge in [0.15, 0.2) is 0 Å². The predicted octanol–water partition coefficient (Wildman–Crippen LogP) is 1.73. The first-order chi connectivity index (χ1) is 7.38. The van der Waals surface area contributed by atoms with Crippen LogP contribution in [0.1, 0.15) is 46.5 Å². The van der Waals surface area contributed by atoms with Crippen molar-refractivity contribution in [3.63, 3.8) is 0 Å². The zero-order valence-corrected chi connectivity index (χ0v) is 10.4. The molecule has 4 nitrogen and oxygen atoms in total. The second kappa shape index (κ2) is 5.32. The number of ether oxygens (including phenoxy) is 1. The van der Waals surface area contributed by atoms with Crippen molar-refractivity contribution in [2.75, 3.05) is 13.1 Å². The van der Waals surface area contributed by atoms with Crippen molar-refractivity contribution < 1.29 is 14.3 Å². The van der Waals surface area contributed by atoms with Crippen LogP contribution < -0.4 is 0 Å². The van der Waals surface area contributed by atoms with Gasteiger partial charge in [-0.25, -0.2) is 0 Å². The van der Waals surface area contributed by atoms with Crippen LogP contribution in [0.5, 0.6) is 0 Å². The van der Waals surface area contributed by atoms with Gasteiger partial charge in [0.2, 0.25) is 5.91 Å². The summed E-state index contributed by atoms with van der Waals surface area (Å²) >= 11 is 0. The van der Waals surface area contributed by atoms with Crippen molar-refractivity contribution in [2.45, 2.75) is 52.1 Å². The van der Waals surface area contributed by atoms with Crippen molar-refractivity contribution in [1.82, 2.24) is 4.90 Å². The summed E-state index contributed by atoms with van der Waals surface area (Å²) in [6.45, 7) is 6.81. The first-order valence-electron chi connectivity index (χ1n) is 5.88. The molecule has 92 valence electrons. The van der Waals surface area contributed by atoms with Crippen LogP contribution in [0.25, 0.3) is 0 Å². The van der Waals surface area contributed by atoms with E-state index in [1.165, 1.54) is 0 Å². The highest BCUT2D eigenvalue weighted by atomic mass is 16.6. The molecule has 0 atom stereocenters. The standard InChI is InChI=1S/C12H21NO3/c1-12(2,3)16-11(15)7-9-13-8-5-4-6-10(13)14/h4-9H2,1-3H3. The van der Waals surface area contributed by atoms with Gasteiger partial charge >= 0.3 is 5.97 Å². The monoisotopic (exact) mass is 227 g/mol. The molecule has 1 heterocycles. The maximum Gasteiger partial charge on any atom is 0.308 e. The Hall–Kier alpha value is -1.06. The van der Waals surface area contributed by atoms with E-state index in [2.05, 4.69) is 0 Å². The minimum absolute atomic E-state index is 0.162. The zero-order valence-electron chi connectivity index (χ0n) is 10.4. The van der Waals surface area contributed by atoms with E-state index in [-0.39, 0.29) is 11.9 Å². The Kier molecular flexibility index (Phi) is 4.33. The molecule has 1 aliphatic heterocycles. The average molecular weight is 227 g/mol. The lowest BCUT2D eigenvalue weighted by atomic mass is 10.1. The lowest BCUT2D eigenvalue weighted by Crippen LogP contribution is -2.37. The Morgan fingerprint density at radius 1 is 1.38 bits per heavy atom. The average Bonchev–Trinajstić information content (AvgIpc) is 2.14. The van der Waals surface area contributed by atoms with Gasteiger partial charge in [-0.15, -0.1) is 0 Å². The van der Waals surface area contributed by atoms with Gasteiger partial charge in [-0.2, -0.15) is 0 Å². The smallest absolute Gasteiger partial charge is 0.308 e. The Morgan fingerprint density at radius 2 is 2.06 bits per heavy atom. The summed E-state index contributed by atoms with van der Waals surface area (Å²) in [6, 6.07) is 0. The maximum absolute atomic E-state index is 11.5. The first kappa shape index (κ1) is 13.0. The quantitative estimate of drug-likeness (QED) is 0.690. The molecule has 1 aliphatic rings. The summed E-state index contributed by atoms with van der Waals surface area (Å²) in [5, 5.41) is 0. The van der Waals surface area contributed by atoms with Gasteiger partial charge < -0.3 is 9.64 Å². The van der Waals surface area contributed by atoms with Crippen LogP contribution in [-0.4, -0.2) is 35.5 Å². The zero-order chi connectivity index (χ0) is 12.2. The van der Waals surface area contributed by atoms with E-state index >= 15 is 0 Å². The van der Waals surface area contributed by atoms with E-state index in [0.717, 1.165) is 19.4 Å². The number of esters is 1. The fraction of sp³-hybridized carbons (Fsp3) is 0.833. The van der Waals surface area contributed by atoms with Crippen molar-refractivity contribution in [1.29, 1.82) is 0 Å². The molecule has 1 amide bonds. The Morgan fingerprint density at radius 3 is 2.62 bits per heavy atom. The largest absolute Gasteiger partial charge is 0.460 e. The topological polar surface area (TPSA) is 46.6 Å². The molecule has 0 bridgehead atoms. The van der Waals surface area contributed by atoms with Gasteiger partial charge in [0.05, 0.1) is 6.42 Å². The van der Waals surface area contributed by atoms with E-state index in [0.29, 0.717) is 19.4 Å². The third kappa shape index (κ3) is 4.64. The molecule has 0 saturated carbocycles. The predicted molar refractivity (Wildman–Crippen MR) is 60.9 cm³/mol. The lowest BCUT2D eigenvalue weighted by molar-refractivity contribution is -0.155. The molecule has 0 aromatic heterocycles. The van der Waals surface area contributed by atoms with Crippen LogP contribution in [0.2, 0.25) is 0 Å². The third-order valence-electron chi connectivity index (χ3n) is 2.43. The van der Waals surface area contributed by atoms with Gasteiger partial charge in [0.1, 0.15) is 5.60 Å². The minimum Gasteiger partial charge on any atom is -0.460 e. The Bertz CT molecular complexity index is 268. The number of likely N-dealkylation sites (tertiary alicyclic amines) is 1. The molecule has 1 fully saturated rings. The highest BCUT2D eigenvalue weighted by molar-refractivity contribution is 5.77. The summed E-state index contributed by atoms with van der Waals surface area (Å²) in [7, 11) is 0. The highest BCUT2D eigenvalue weighted by Crippen LogP contribution is 2.12. The number of hydrogen-bond acceptors (Lipinski definition) is 3. The SMILES string of the molecule is CC(C)(C)OC(=O)CCN1CCCCC1=O. The fourth-order valence-corrected chi connectivity index (χ4v) is 1.72. The van der Waals surface area contributed by atoms with Crippen molar-refractivity contribution >= 4 is 11.9 Å². The van der Waals surface area contributed by atoms with Gasteiger partial charge in [-0.05, 0) is 33.6 Å². The number of piperidine rings is 1. The molecule has 1 rings (SSSR count). The van der Waals surface area contributed by atoms with E-state index in [9.17, 15) is 9.59 Å². The number of hydrogen-bond donors (Lipinski definition) is 0. The minimum atomic E-state index is -0.441. The van der Waals surface area contributed by atoms with Gasteiger partial charge in [-0.1, -0.05) is 0 Å². The molecule has 1 saturated heterocycles. The Labute approximate surface area is 96.9 Å². The molecule has 0 aromatic rings. The molecule has 0 N–H and O–H groups in total. The van der Waals surface area contributed by atoms with Gasteiger partial charge in [-0.3, -0.25) is 9.59 Å². The van der Waals surface area contributed by atoms with Crippen LogP contribution in [0, 0.1) is 0 Å². The molecule has 4 heteroatoms. The lowest BCUT2D eigenvalue weighted by Gasteiger charge is -2.27. The molecular formula is C12H21NO3. The van der Waals surface area contributed by atoms with Gasteiger partial charge in [0, 0.05) is 19.5 Å². The third-order valence-corrected chi connectivity index (χ3v) is 2.43. The van der Waals surface area contributed by atoms with E-state index in [1.54, 1.807) is 4.90 Å². The number of rotatable bonds is 3. The molecule has 0 unspecified atom stereocenters. The second-order valence-electron chi connectivity index (χ2n) is 5.17. The number of carbonyl (C=O) groups is 2. The molecule has 0 aromatic carbocycles. The molecular weight excluding hydrogens is 206 g/mol. The van der Waals surface area contributed by atoms with Crippen LogP contribution in [0.4, 0.5) is 0 Å². The highest BCUT2D eigenvalue weighted by Gasteiger charge is 2.21. The fourth-order valence-electron chi connectivity index (χ4n) is 1.72. The van der Waals surface area contributed by atoms with Crippen molar-refractivity contribution in [3.8, 4) is 0 Å². The van der Waals surface area contributed by atoms with E-state index in [4.69, 9.17) is 4.74 Å². The van der Waals surface area contributed by atoms with Crippen molar-refractivity contribution in [2.24, 2.45) is 0 Å². The van der Waals surface area contributed by atoms with Crippen LogP contribution in [0.15, 0.2) is 0 Å². The van der Waals surface area contributed by atoms with Crippen LogP contribution in [-0.2, 0) is 14.3 Å². The van der Waals surface area contributed by atoms with Crippen LogP contribution >= 0.6 is 0 Å². The summed E-state index contributed by atoms with van der Waals surface area (Å²) in [5.41, 5.74) is -0.441. The molecule has 0 aliphatic carbocycles. The number of nitrogens with zero attached hydrogens (tertiary/aromatic N) is 1. The number of amides is 1. The maximum atomic E-state index is 11.5. The molecule has 0 radical (unpaired) electrons. The first-order valence-corrected chi connectivity index (χ1v) is 5.88. The summed E-state index contributed by atoms with van der Waals surface area (Å²) in [6.07, 6.45) is 2.93. The van der Waals surface area contributed by atoms with Crippen molar-refractivity contribution in [3.05, 3.63) is 0 Å². The van der Waals surface area contributed by atoms with E-state index < -0.39 is 5.60 Å². The van der Waals surface area contributed by atoms with Gasteiger partial charge in [0.25, 0.3) is 0 Å². The van der Waals surface area contributed by atoms with Crippen LogP contribution in [0.3, 0.4) is 0 Å². The number of carbonyl (C=O) groups excluding carboxylic acids is 2. The normalized spacial score (nSPS) is 17.4. The summed E-state index contributed by atoms with van der Waals surface area (Å²) < 4.78 is 5.19. The molecule has 16 heavy (non-hydrogen) atoms. The Balaban J connectivity index is 2.28. The summed E-state index contributed by atoms with van der Waals surface area (Å²) in [5.74, 6) is -0.0688. The van der Waals surface area contributed by atoms with E-state index in [1.807, 2.05) is 20.8 Å². The second-order valence-corrected chi connectivity index (χ2v) is 5.17. The molecule has 0 spiro atoms.